The van der Waals surface area contributed by atoms with Crippen LogP contribution in [-0.2, 0) is 4.79 Å². The molecular formula is C12H24N2O2S. The lowest BCUT2D eigenvalue weighted by atomic mass is 10.0. The van der Waals surface area contributed by atoms with Crippen molar-refractivity contribution in [3.63, 3.8) is 0 Å². The van der Waals surface area contributed by atoms with Crippen LogP contribution in [0.1, 0.15) is 39.5 Å². The monoisotopic (exact) mass is 260 g/mol. The number of aliphatic hydroxyl groups excluding tert-OH is 1. The van der Waals surface area contributed by atoms with Crippen molar-refractivity contribution in [1.29, 1.82) is 0 Å². The molecule has 0 saturated heterocycles. The van der Waals surface area contributed by atoms with E-state index in [9.17, 15) is 4.79 Å². The number of amides is 1. The Kier molecular flexibility index (Phi) is 8.99. The average Bonchev–Trinajstić information content (AvgIpc) is 2.30. The summed E-state index contributed by atoms with van der Waals surface area (Å²) >= 11 is 4.94. The van der Waals surface area contributed by atoms with Gasteiger partial charge in [0.25, 0.3) is 0 Å². The van der Waals surface area contributed by atoms with E-state index in [0.717, 1.165) is 19.3 Å². The molecule has 0 radical (unpaired) electrons. The van der Waals surface area contributed by atoms with Gasteiger partial charge in [-0.05, 0) is 12.8 Å². The van der Waals surface area contributed by atoms with Gasteiger partial charge in [-0.3, -0.25) is 4.79 Å². The maximum Gasteiger partial charge on any atom is 0.232 e. The third kappa shape index (κ3) is 5.98. The largest absolute Gasteiger partial charge is 0.395 e. The highest BCUT2D eigenvalue weighted by Gasteiger charge is 2.25. The number of nitrogens with two attached hydrogens (primary N) is 1. The van der Waals surface area contributed by atoms with E-state index in [1.54, 1.807) is 4.90 Å². The van der Waals surface area contributed by atoms with E-state index in [0.29, 0.717) is 19.5 Å². The first kappa shape index (κ1) is 16.3. The molecule has 0 aliphatic carbocycles. The van der Waals surface area contributed by atoms with E-state index in [2.05, 4.69) is 6.92 Å². The van der Waals surface area contributed by atoms with E-state index in [1.807, 2.05) is 6.92 Å². The molecule has 0 aliphatic heterocycles. The van der Waals surface area contributed by atoms with Crippen LogP contribution in [0.15, 0.2) is 0 Å². The number of carbonyl (C=O) groups is 1. The lowest BCUT2D eigenvalue weighted by molar-refractivity contribution is -0.134. The Balaban J connectivity index is 4.58. The quantitative estimate of drug-likeness (QED) is 0.613. The SMILES string of the molecule is CCCCN(CCO)C(=O)C(CCC)C(N)=S. The molecule has 0 aromatic carbocycles. The number of unbranched alkanes of at least 4 members (excludes halogenated alkanes) is 1. The predicted molar refractivity (Wildman–Crippen MR) is 73.8 cm³/mol. The summed E-state index contributed by atoms with van der Waals surface area (Å²) in [6, 6.07) is 0. The van der Waals surface area contributed by atoms with Gasteiger partial charge in [-0.2, -0.15) is 0 Å². The van der Waals surface area contributed by atoms with Gasteiger partial charge in [0.15, 0.2) is 0 Å². The fourth-order valence-electron chi connectivity index (χ4n) is 1.70. The lowest BCUT2D eigenvalue weighted by Gasteiger charge is -2.26. The molecule has 1 atom stereocenters. The van der Waals surface area contributed by atoms with Gasteiger partial charge in [0.05, 0.1) is 17.5 Å². The lowest BCUT2D eigenvalue weighted by Crippen LogP contribution is -2.43. The van der Waals surface area contributed by atoms with Crippen LogP contribution in [0.4, 0.5) is 0 Å². The minimum atomic E-state index is -0.376. The van der Waals surface area contributed by atoms with Crippen LogP contribution in [0.2, 0.25) is 0 Å². The summed E-state index contributed by atoms with van der Waals surface area (Å²) < 4.78 is 0. The van der Waals surface area contributed by atoms with Crippen LogP contribution >= 0.6 is 12.2 Å². The molecule has 0 saturated carbocycles. The fourth-order valence-corrected chi connectivity index (χ4v) is 1.92. The third-order valence-electron chi connectivity index (χ3n) is 2.68. The minimum absolute atomic E-state index is 0.0222. The first-order valence-electron chi connectivity index (χ1n) is 6.27. The number of thiocarbonyl (C=S) groups is 1. The van der Waals surface area contributed by atoms with E-state index >= 15 is 0 Å². The molecule has 5 heteroatoms. The van der Waals surface area contributed by atoms with Crippen molar-refractivity contribution >= 4 is 23.1 Å². The standard InChI is InChI=1S/C12H24N2O2S/c1-3-5-7-14(8-9-15)12(16)10(6-4-2)11(13)17/h10,15H,3-9H2,1-2H3,(H2,13,17). The van der Waals surface area contributed by atoms with E-state index < -0.39 is 0 Å². The molecule has 17 heavy (non-hydrogen) atoms. The molecule has 0 fully saturated rings. The van der Waals surface area contributed by atoms with Crippen LogP contribution in [0.5, 0.6) is 0 Å². The molecule has 0 rings (SSSR count). The number of rotatable bonds is 9. The van der Waals surface area contributed by atoms with E-state index in [4.69, 9.17) is 23.1 Å². The van der Waals surface area contributed by atoms with Crippen molar-refractivity contribution in [2.24, 2.45) is 11.7 Å². The normalized spacial score (nSPS) is 12.2. The number of carbonyl (C=O) groups excluding carboxylic acids is 1. The van der Waals surface area contributed by atoms with Gasteiger partial charge in [-0.15, -0.1) is 0 Å². The Morgan fingerprint density at radius 2 is 2.00 bits per heavy atom. The maximum atomic E-state index is 12.2. The highest BCUT2D eigenvalue weighted by atomic mass is 32.1. The zero-order valence-corrected chi connectivity index (χ0v) is 11.6. The Morgan fingerprint density at radius 1 is 1.35 bits per heavy atom. The van der Waals surface area contributed by atoms with Crippen LogP contribution in [0.25, 0.3) is 0 Å². The summed E-state index contributed by atoms with van der Waals surface area (Å²) in [4.78, 5) is 14.1. The second-order valence-corrected chi connectivity index (χ2v) is 4.62. The van der Waals surface area contributed by atoms with Crippen LogP contribution in [0, 0.1) is 5.92 Å². The third-order valence-corrected chi connectivity index (χ3v) is 2.97. The summed E-state index contributed by atoms with van der Waals surface area (Å²) in [6.45, 7) is 5.08. The minimum Gasteiger partial charge on any atom is -0.395 e. The summed E-state index contributed by atoms with van der Waals surface area (Å²) in [7, 11) is 0. The van der Waals surface area contributed by atoms with Crippen LogP contribution < -0.4 is 5.73 Å². The molecule has 1 unspecified atom stereocenters. The number of nitrogens with zero attached hydrogens (tertiary/aromatic N) is 1. The Bertz CT molecular complexity index is 247. The van der Waals surface area contributed by atoms with E-state index in [-0.39, 0.29) is 23.4 Å². The Labute approximate surface area is 109 Å². The first-order valence-corrected chi connectivity index (χ1v) is 6.68. The number of hydrogen-bond donors (Lipinski definition) is 2. The zero-order chi connectivity index (χ0) is 13.3. The van der Waals surface area contributed by atoms with Crippen molar-refractivity contribution in [1.82, 2.24) is 4.90 Å². The molecule has 4 nitrogen and oxygen atoms in total. The molecule has 3 N–H and O–H groups in total. The second kappa shape index (κ2) is 9.36. The van der Waals surface area contributed by atoms with Gasteiger partial charge in [-0.25, -0.2) is 0 Å². The first-order chi connectivity index (χ1) is 8.08. The molecule has 0 heterocycles. The summed E-state index contributed by atoms with van der Waals surface area (Å²) in [5, 5.41) is 8.98. The number of aliphatic hydroxyl groups is 1. The molecule has 0 bridgehead atoms. The topological polar surface area (TPSA) is 66.6 Å². The van der Waals surface area contributed by atoms with E-state index in [1.165, 1.54) is 0 Å². The molecular weight excluding hydrogens is 236 g/mol. The van der Waals surface area contributed by atoms with Crippen molar-refractivity contribution < 1.29 is 9.90 Å². The van der Waals surface area contributed by atoms with Gasteiger partial charge in [-0.1, -0.05) is 38.9 Å². The zero-order valence-electron chi connectivity index (χ0n) is 10.8. The van der Waals surface area contributed by atoms with Gasteiger partial charge in [0.2, 0.25) is 5.91 Å². The van der Waals surface area contributed by atoms with Crippen LogP contribution in [-0.4, -0.2) is 40.6 Å². The smallest absolute Gasteiger partial charge is 0.232 e. The molecule has 0 aromatic heterocycles. The highest BCUT2D eigenvalue weighted by Crippen LogP contribution is 2.12. The predicted octanol–water partition coefficient (Wildman–Crippen LogP) is 1.31. The van der Waals surface area contributed by atoms with Crippen molar-refractivity contribution in [3.8, 4) is 0 Å². The molecule has 0 aromatic rings. The summed E-state index contributed by atoms with van der Waals surface area (Å²) in [6.07, 6.45) is 3.50. The Hall–Kier alpha value is -0.680. The Morgan fingerprint density at radius 3 is 2.41 bits per heavy atom. The number of hydrogen-bond acceptors (Lipinski definition) is 3. The molecule has 0 aliphatic rings. The molecule has 0 spiro atoms. The van der Waals surface area contributed by atoms with Crippen LogP contribution in [0.3, 0.4) is 0 Å². The average molecular weight is 260 g/mol. The molecule has 1 amide bonds. The van der Waals surface area contributed by atoms with Gasteiger partial charge in [0, 0.05) is 13.1 Å². The fraction of sp³-hybridized carbons (Fsp3) is 0.833. The maximum absolute atomic E-state index is 12.2. The summed E-state index contributed by atoms with van der Waals surface area (Å²) in [5.41, 5.74) is 5.61. The van der Waals surface area contributed by atoms with Crippen molar-refractivity contribution in [2.45, 2.75) is 39.5 Å². The van der Waals surface area contributed by atoms with Gasteiger partial charge < -0.3 is 15.7 Å². The van der Waals surface area contributed by atoms with Crippen molar-refractivity contribution in [2.75, 3.05) is 19.7 Å². The summed E-state index contributed by atoms with van der Waals surface area (Å²) in [5.74, 6) is -0.416. The van der Waals surface area contributed by atoms with Gasteiger partial charge >= 0.3 is 0 Å². The molecule has 100 valence electrons. The van der Waals surface area contributed by atoms with Crippen molar-refractivity contribution in [3.05, 3.63) is 0 Å². The second-order valence-electron chi connectivity index (χ2n) is 4.15. The van der Waals surface area contributed by atoms with Gasteiger partial charge in [0.1, 0.15) is 0 Å². The highest BCUT2D eigenvalue weighted by molar-refractivity contribution is 7.80.